The first kappa shape index (κ1) is 8.85. The molecule has 1 atom stereocenters. The average molecular weight is 186 g/mol. The summed E-state index contributed by atoms with van der Waals surface area (Å²) >= 11 is 2.01. The fraction of sp³-hybridized carbons (Fsp3) is 1.00. The van der Waals surface area contributed by atoms with Crippen LogP contribution in [0.2, 0.25) is 0 Å². The zero-order chi connectivity index (χ0) is 8.44. The van der Waals surface area contributed by atoms with Crippen LogP contribution in [0.3, 0.4) is 0 Å². The zero-order valence-corrected chi connectivity index (χ0v) is 8.41. The normalized spacial score (nSPS) is 36.8. The van der Waals surface area contributed by atoms with Gasteiger partial charge in [-0.3, -0.25) is 0 Å². The number of hydrogen-bond donors (Lipinski definition) is 1. The number of rotatable bonds is 3. The van der Waals surface area contributed by atoms with Crippen molar-refractivity contribution in [3.8, 4) is 0 Å². The lowest BCUT2D eigenvalue weighted by Gasteiger charge is -2.34. The molecule has 0 bridgehead atoms. The summed E-state index contributed by atoms with van der Waals surface area (Å²) in [5, 5.41) is 0. The fourth-order valence-corrected chi connectivity index (χ4v) is 3.20. The van der Waals surface area contributed by atoms with Gasteiger partial charge in [0.1, 0.15) is 0 Å². The number of likely N-dealkylation sites (tertiary alicyclic amines) is 1. The molecule has 2 rings (SSSR count). The molecule has 0 amide bonds. The molecule has 0 aromatic rings. The van der Waals surface area contributed by atoms with Crippen LogP contribution in [0.1, 0.15) is 19.3 Å². The topological polar surface area (TPSA) is 29.3 Å². The summed E-state index contributed by atoms with van der Waals surface area (Å²) in [6.45, 7) is 3.85. The second-order valence-corrected chi connectivity index (χ2v) is 5.22. The minimum Gasteiger partial charge on any atom is -0.324 e. The Labute approximate surface area is 78.9 Å². The third-order valence-electron chi connectivity index (χ3n) is 3.01. The minimum atomic E-state index is 0.181. The molecule has 0 saturated carbocycles. The Morgan fingerprint density at radius 1 is 1.42 bits per heavy atom. The quantitative estimate of drug-likeness (QED) is 0.710. The lowest BCUT2D eigenvalue weighted by Crippen LogP contribution is -2.46. The summed E-state index contributed by atoms with van der Waals surface area (Å²) in [5.41, 5.74) is 6.42. The third kappa shape index (κ3) is 1.95. The Morgan fingerprint density at radius 3 is 2.75 bits per heavy atom. The van der Waals surface area contributed by atoms with Crippen LogP contribution in [0, 0.1) is 0 Å². The van der Waals surface area contributed by atoms with Crippen molar-refractivity contribution in [1.29, 1.82) is 0 Å². The van der Waals surface area contributed by atoms with E-state index in [-0.39, 0.29) is 5.54 Å². The molecular formula is C9H18N2S. The second-order valence-electron chi connectivity index (χ2n) is 4.11. The molecule has 0 aliphatic carbocycles. The van der Waals surface area contributed by atoms with E-state index in [1.165, 1.54) is 50.4 Å². The Kier molecular flexibility index (Phi) is 2.63. The van der Waals surface area contributed by atoms with Gasteiger partial charge < -0.3 is 10.6 Å². The van der Waals surface area contributed by atoms with Gasteiger partial charge in [0.25, 0.3) is 0 Å². The smallest absolute Gasteiger partial charge is 0.0266 e. The molecule has 2 nitrogen and oxygen atoms in total. The van der Waals surface area contributed by atoms with Gasteiger partial charge in [-0.25, -0.2) is 0 Å². The Hall–Kier alpha value is 0.270. The van der Waals surface area contributed by atoms with E-state index in [0.29, 0.717) is 0 Å². The van der Waals surface area contributed by atoms with E-state index < -0.39 is 0 Å². The SMILES string of the molecule is NC1(CCN2CCC2)CCSC1. The van der Waals surface area contributed by atoms with E-state index in [1.807, 2.05) is 11.8 Å². The van der Waals surface area contributed by atoms with Crippen molar-refractivity contribution in [3.63, 3.8) is 0 Å². The van der Waals surface area contributed by atoms with Crippen molar-refractivity contribution in [2.24, 2.45) is 5.73 Å². The number of thioether (sulfide) groups is 1. The van der Waals surface area contributed by atoms with Crippen molar-refractivity contribution >= 4 is 11.8 Å². The molecule has 1 unspecified atom stereocenters. The molecule has 12 heavy (non-hydrogen) atoms. The molecule has 2 fully saturated rings. The zero-order valence-electron chi connectivity index (χ0n) is 7.59. The largest absolute Gasteiger partial charge is 0.324 e. The molecule has 2 N–H and O–H groups in total. The highest BCUT2D eigenvalue weighted by atomic mass is 32.2. The molecule has 70 valence electrons. The minimum absolute atomic E-state index is 0.181. The molecule has 0 aromatic carbocycles. The number of nitrogens with two attached hydrogens (primary N) is 1. The van der Waals surface area contributed by atoms with Gasteiger partial charge in [-0.1, -0.05) is 0 Å². The van der Waals surface area contributed by atoms with Crippen LogP contribution in [0.25, 0.3) is 0 Å². The first-order chi connectivity index (χ1) is 5.79. The van der Waals surface area contributed by atoms with E-state index in [4.69, 9.17) is 5.73 Å². The summed E-state index contributed by atoms with van der Waals surface area (Å²) in [4.78, 5) is 2.51. The molecule has 2 aliphatic rings. The first-order valence-electron chi connectivity index (χ1n) is 4.88. The van der Waals surface area contributed by atoms with Gasteiger partial charge in [0.05, 0.1) is 0 Å². The summed E-state index contributed by atoms with van der Waals surface area (Å²) in [5.74, 6) is 2.46. The summed E-state index contributed by atoms with van der Waals surface area (Å²) in [6, 6.07) is 0. The Bertz CT molecular complexity index is 151. The maximum atomic E-state index is 6.24. The Balaban J connectivity index is 1.70. The van der Waals surface area contributed by atoms with Gasteiger partial charge in [0.15, 0.2) is 0 Å². The van der Waals surface area contributed by atoms with Crippen LogP contribution >= 0.6 is 11.8 Å². The number of nitrogens with zero attached hydrogens (tertiary/aromatic N) is 1. The standard InChI is InChI=1S/C9H18N2S/c10-9(3-7-12-8-9)2-6-11-4-1-5-11/h1-8,10H2. The highest BCUT2D eigenvalue weighted by molar-refractivity contribution is 7.99. The average Bonchev–Trinajstić information content (AvgIpc) is 2.33. The lowest BCUT2D eigenvalue weighted by molar-refractivity contribution is 0.166. The van der Waals surface area contributed by atoms with Crippen LogP contribution < -0.4 is 5.73 Å². The van der Waals surface area contributed by atoms with Crippen LogP contribution in [0.4, 0.5) is 0 Å². The highest BCUT2D eigenvalue weighted by Gasteiger charge is 2.30. The van der Waals surface area contributed by atoms with Crippen LogP contribution in [0.15, 0.2) is 0 Å². The molecule has 0 spiro atoms. The monoisotopic (exact) mass is 186 g/mol. The molecular weight excluding hydrogens is 168 g/mol. The van der Waals surface area contributed by atoms with Gasteiger partial charge >= 0.3 is 0 Å². The van der Waals surface area contributed by atoms with Gasteiger partial charge in [-0.05, 0) is 44.6 Å². The van der Waals surface area contributed by atoms with Gasteiger partial charge in [-0.15, -0.1) is 0 Å². The first-order valence-corrected chi connectivity index (χ1v) is 6.03. The summed E-state index contributed by atoms with van der Waals surface area (Å²) in [7, 11) is 0. The molecule has 3 heteroatoms. The van der Waals surface area contributed by atoms with Crippen LogP contribution in [-0.4, -0.2) is 41.6 Å². The fourth-order valence-electron chi connectivity index (χ4n) is 1.81. The predicted molar refractivity (Wildman–Crippen MR) is 54.5 cm³/mol. The maximum absolute atomic E-state index is 6.24. The van der Waals surface area contributed by atoms with Crippen molar-refractivity contribution in [3.05, 3.63) is 0 Å². The third-order valence-corrected chi connectivity index (χ3v) is 4.28. The van der Waals surface area contributed by atoms with Crippen LogP contribution in [0.5, 0.6) is 0 Å². The van der Waals surface area contributed by atoms with E-state index in [0.717, 1.165) is 0 Å². The Morgan fingerprint density at radius 2 is 2.25 bits per heavy atom. The lowest BCUT2D eigenvalue weighted by atomic mass is 9.95. The molecule has 2 saturated heterocycles. The molecule has 0 radical (unpaired) electrons. The predicted octanol–water partition coefficient (Wildman–Crippen LogP) is 0.917. The van der Waals surface area contributed by atoms with Gasteiger partial charge in [0.2, 0.25) is 0 Å². The van der Waals surface area contributed by atoms with Crippen LogP contribution in [-0.2, 0) is 0 Å². The molecule has 0 aromatic heterocycles. The van der Waals surface area contributed by atoms with E-state index in [2.05, 4.69) is 4.90 Å². The van der Waals surface area contributed by atoms with E-state index in [9.17, 15) is 0 Å². The van der Waals surface area contributed by atoms with E-state index in [1.54, 1.807) is 0 Å². The number of hydrogen-bond acceptors (Lipinski definition) is 3. The summed E-state index contributed by atoms with van der Waals surface area (Å²) < 4.78 is 0. The van der Waals surface area contributed by atoms with Crippen molar-refractivity contribution < 1.29 is 0 Å². The van der Waals surface area contributed by atoms with Crippen molar-refractivity contribution in [2.75, 3.05) is 31.1 Å². The van der Waals surface area contributed by atoms with Crippen molar-refractivity contribution in [1.82, 2.24) is 4.90 Å². The molecule has 2 heterocycles. The highest BCUT2D eigenvalue weighted by Crippen LogP contribution is 2.28. The van der Waals surface area contributed by atoms with Crippen molar-refractivity contribution in [2.45, 2.75) is 24.8 Å². The second kappa shape index (κ2) is 3.56. The molecule has 2 aliphatic heterocycles. The van der Waals surface area contributed by atoms with E-state index >= 15 is 0 Å². The summed E-state index contributed by atoms with van der Waals surface area (Å²) in [6.07, 6.45) is 3.83. The van der Waals surface area contributed by atoms with Gasteiger partial charge in [0, 0.05) is 11.3 Å². The maximum Gasteiger partial charge on any atom is 0.0266 e. The van der Waals surface area contributed by atoms with Gasteiger partial charge in [-0.2, -0.15) is 11.8 Å².